The van der Waals surface area contributed by atoms with E-state index in [0.29, 0.717) is 18.9 Å². The lowest BCUT2D eigenvalue weighted by Gasteiger charge is -2.35. The Morgan fingerprint density at radius 2 is 2.00 bits per heavy atom. The van der Waals surface area contributed by atoms with Gasteiger partial charge >= 0.3 is 6.03 Å². The van der Waals surface area contributed by atoms with Crippen molar-refractivity contribution in [2.45, 2.75) is 20.4 Å². The quantitative estimate of drug-likeness (QED) is 0.822. The molecule has 2 N–H and O–H groups in total. The normalized spacial score (nSPS) is 10.2. The van der Waals surface area contributed by atoms with Crippen molar-refractivity contribution in [3.05, 3.63) is 54.0 Å². The van der Waals surface area contributed by atoms with Crippen molar-refractivity contribution in [1.29, 1.82) is 5.26 Å². The molecule has 0 radical (unpaired) electrons. The Morgan fingerprint density at radius 1 is 1.29 bits per heavy atom. The summed E-state index contributed by atoms with van der Waals surface area (Å²) in [6.45, 7) is 4.90. The Morgan fingerprint density at radius 3 is 2.58 bits per heavy atom. The number of aromatic nitrogens is 2. The maximum absolute atomic E-state index is 12.1. The number of rotatable bonds is 6. The van der Waals surface area contributed by atoms with Crippen molar-refractivity contribution in [3.8, 4) is 6.07 Å². The molecule has 0 aliphatic heterocycles. The Labute approximate surface area is 141 Å². The summed E-state index contributed by atoms with van der Waals surface area (Å²) in [5.41, 5.74) is 6.55. The van der Waals surface area contributed by atoms with Crippen molar-refractivity contribution < 1.29 is 4.79 Å². The molecule has 0 spiro atoms. The van der Waals surface area contributed by atoms with E-state index in [0.717, 1.165) is 5.56 Å². The molecule has 0 atom stereocenters. The maximum Gasteiger partial charge on any atom is 0.333 e. The first kappa shape index (κ1) is 17.2. The highest BCUT2D eigenvalue weighted by atomic mass is 16.2. The lowest BCUT2D eigenvalue weighted by atomic mass is 10.2. The van der Waals surface area contributed by atoms with Crippen LogP contribution in [-0.4, -0.2) is 27.6 Å². The maximum atomic E-state index is 12.1. The third kappa shape index (κ3) is 4.43. The molecule has 1 aromatic carbocycles. The zero-order valence-electron chi connectivity index (χ0n) is 13.8. The van der Waals surface area contributed by atoms with Gasteiger partial charge in [0.05, 0.1) is 6.54 Å². The van der Waals surface area contributed by atoms with Crippen LogP contribution in [0.2, 0.25) is 0 Å². The van der Waals surface area contributed by atoms with Crippen LogP contribution >= 0.6 is 0 Å². The predicted octanol–water partition coefficient (Wildman–Crippen LogP) is 2.31. The number of anilines is 1. The van der Waals surface area contributed by atoms with Gasteiger partial charge in [-0.25, -0.2) is 14.8 Å². The van der Waals surface area contributed by atoms with Crippen molar-refractivity contribution in [2.75, 3.05) is 11.6 Å². The van der Waals surface area contributed by atoms with Gasteiger partial charge in [0.25, 0.3) is 0 Å². The highest BCUT2D eigenvalue weighted by molar-refractivity contribution is 5.74. The molecule has 2 aromatic rings. The minimum Gasteiger partial charge on any atom is -0.350 e. The Kier molecular flexibility index (Phi) is 5.68. The molecule has 1 aromatic heterocycles. The molecule has 0 saturated carbocycles. The number of carbonyl (C=O) groups is 1. The topological polar surface area (TPSA) is 99.1 Å². The van der Waals surface area contributed by atoms with Crippen LogP contribution in [-0.2, 0) is 6.54 Å². The van der Waals surface area contributed by atoms with E-state index in [1.807, 2.05) is 50.2 Å². The second-order valence-corrected chi connectivity index (χ2v) is 5.71. The highest BCUT2D eigenvalue weighted by Gasteiger charge is 2.22. The molecular weight excluding hydrogens is 304 g/mol. The number of amides is 2. The van der Waals surface area contributed by atoms with Gasteiger partial charge in [-0.1, -0.05) is 44.2 Å². The van der Waals surface area contributed by atoms with Crippen molar-refractivity contribution in [2.24, 2.45) is 11.7 Å². The summed E-state index contributed by atoms with van der Waals surface area (Å²) >= 11 is 0. The fourth-order valence-electron chi connectivity index (χ4n) is 2.25. The molecule has 0 saturated heterocycles. The van der Waals surface area contributed by atoms with Gasteiger partial charge in [0, 0.05) is 18.8 Å². The summed E-state index contributed by atoms with van der Waals surface area (Å²) in [4.78, 5) is 20.1. The Hall–Kier alpha value is -3.14. The number of benzene rings is 1. The minimum atomic E-state index is -0.586. The number of nitrogens with two attached hydrogens (primary N) is 1. The van der Waals surface area contributed by atoms with Crippen LogP contribution < -0.4 is 10.7 Å². The lowest BCUT2D eigenvalue weighted by Crippen LogP contribution is -2.50. The minimum absolute atomic E-state index is 0.0467. The van der Waals surface area contributed by atoms with Crippen molar-refractivity contribution in [1.82, 2.24) is 15.0 Å². The monoisotopic (exact) mass is 324 g/mol. The summed E-state index contributed by atoms with van der Waals surface area (Å²) in [6.07, 6.45) is 1.50. The Bertz CT molecular complexity index is 725. The number of nitrogens with zero attached hydrogens (tertiary/aromatic N) is 5. The number of primary amides is 1. The van der Waals surface area contributed by atoms with Crippen LogP contribution in [0.25, 0.3) is 0 Å². The number of hydrazine groups is 1. The summed E-state index contributed by atoms with van der Waals surface area (Å²) < 4.78 is 0. The zero-order chi connectivity index (χ0) is 17.5. The molecule has 1 heterocycles. The SMILES string of the molecule is CC(C)CN(c1ccnc(C#N)n1)N(Cc1ccccc1)C(N)=O. The first-order valence-electron chi connectivity index (χ1n) is 7.62. The third-order valence-corrected chi connectivity index (χ3v) is 3.26. The standard InChI is InChI=1S/C17H20N6O/c1-13(2)11-22(16-8-9-20-15(10-18)21-16)23(17(19)24)12-14-6-4-3-5-7-14/h3-9,13H,11-12H2,1-2H3,(H2,19,24). The highest BCUT2D eigenvalue weighted by Crippen LogP contribution is 2.18. The van der Waals surface area contributed by atoms with Gasteiger partial charge in [0.2, 0.25) is 5.82 Å². The van der Waals surface area contributed by atoms with Crippen molar-refractivity contribution in [3.63, 3.8) is 0 Å². The van der Waals surface area contributed by atoms with Crippen LogP contribution in [0.3, 0.4) is 0 Å². The number of nitriles is 1. The van der Waals surface area contributed by atoms with E-state index in [1.165, 1.54) is 11.2 Å². The first-order valence-corrected chi connectivity index (χ1v) is 7.62. The molecule has 0 aliphatic rings. The van der Waals surface area contributed by atoms with Gasteiger partial charge in [-0.2, -0.15) is 10.2 Å². The average molecular weight is 324 g/mol. The molecule has 0 aliphatic carbocycles. The van der Waals surface area contributed by atoms with Crippen LogP contribution in [0.4, 0.5) is 10.6 Å². The fourth-order valence-corrected chi connectivity index (χ4v) is 2.25. The van der Waals surface area contributed by atoms with Gasteiger partial charge < -0.3 is 5.73 Å². The number of urea groups is 1. The van der Waals surface area contributed by atoms with Gasteiger partial charge in [0.15, 0.2) is 5.82 Å². The van der Waals surface area contributed by atoms with Gasteiger partial charge in [-0.05, 0) is 11.5 Å². The lowest BCUT2D eigenvalue weighted by molar-refractivity contribution is 0.195. The fraction of sp³-hybridized carbons (Fsp3) is 0.294. The number of hydrogen-bond acceptors (Lipinski definition) is 5. The molecule has 0 bridgehead atoms. The van der Waals surface area contributed by atoms with E-state index in [9.17, 15) is 4.79 Å². The molecule has 0 unspecified atom stereocenters. The molecule has 124 valence electrons. The smallest absolute Gasteiger partial charge is 0.333 e. The molecule has 0 fully saturated rings. The van der Waals surface area contributed by atoms with Crippen LogP contribution in [0, 0.1) is 17.2 Å². The van der Waals surface area contributed by atoms with E-state index < -0.39 is 6.03 Å². The molecule has 7 nitrogen and oxygen atoms in total. The molecule has 2 amide bonds. The number of carbonyl (C=O) groups excluding carboxylic acids is 1. The number of hydrogen-bond donors (Lipinski definition) is 1. The van der Waals surface area contributed by atoms with E-state index in [2.05, 4.69) is 9.97 Å². The zero-order valence-corrected chi connectivity index (χ0v) is 13.8. The van der Waals surface area contributed by atoms with Gasteiger partial charge in [-0.3, -0.25) is 5.01 Å². The molecule has 2 rings (SSSR count). The van der Waals surface area contributed by atoms with E-state index in [-0.39, 0.29) is 11.7 Å². The average Bonchev–Trinajstić information content (AvgIpc) is 2.58. The van der Waals surface area contributed by atoms with E-state index in [1.54, 1.807) is 11.1 Å². The molecule has 7 heteroatoms. The Balaban J connectivity index is 2.38. The summed E-state index contributed by atoms with van der Waals surface area (Å²) in [5, 5.41) is 12.1. The second-order valence-electron chi connectivity index (χ2n) is 5.71. The van der Waals surface area contributed by atoms with Crippen LogP contribution in [0.5, 0.6) is 0 Å². The third-order valence-electron chi connectivity index (χ3n) is 3.26. The summed E-state index contributed by atoms with van der Waals surface area (Å²) in [5.74, 6) is 0.762. The molecule has 24 heavy (non-hydrogen) atoms. The first-order chi connectivity index (χ1) is 11.5. The van der Waals surface area contributed by atoms with Gasteiger partial charge in [0.1, 0.15) is 6.07 Å². The van der Waals surface area contributed by atoms with E-state index in [4.69, 9.17) is 11.0 Å². The molecular formula is C17H20N6O. The van der Waals surface area contributed by atoms with Gasteiger partial charge in [-0.15, -0.1) is 0 Å². The summed E-state index contributed by atoms with van der Waals surface area (Å²) in [6, 6.07) is 12.5. The largest absolute Gasteiger partial charge is 0.350 e. The van der Waals surface area contributed by atoms with Crippen LogP contribution in [0.1, 0.15) is 25.2 Å². The summed E-state index contributed by atoms with van der Waals surface area (Å²) in [7, 11) is 0. The second kappa shape index (κ2) is 7.92. The van der Waals surface area contributed by atoms with Crippen LogP contribution in [0.15, 0.2) is 42.6 Å². The predicted molar refractivity (Wildman–Crippen MR) is 90.5 cm³/mol. The van der Waals surface area contributed by atoms with Crippen molar-refractivity contribution >= 4 is 11.8 Å². The van der Waals surface area contributed by atoms with E-state index >= 15 is 0 Å².